The molecule has 28 heavy (non-hydrogen) atoms. The molecule has 0 bridgehead atoms. The second kappa shape index (κ2) is 8.91. The van der Waals surface area contributed by atoms with Gasteiger partial charge in [-0.3, -0.25) is 9.59 Å². The van der Waals surface area contributed by atoms with Gasteiger partial charge in [-0.25, -0.2) is 0 Å². The summed E-state index contributed by atoms with van der Waals surface area (Å²) in [4.78, 5) is 25.9. The van der Waals surface area contributed by atoms with Crippen LogP contribution in [0.1, 0.15) is 44.2 Å². The molecule has 7 heteroatoms. The maximum absolute atomic E-state index is 13.1. The Labute approximate surface area is 162 Å². The minimum absolute atomic E-state index is 0.0685. The van der Waals surface area contributed by atoms with Crippen LogP contribution in [0.4, 0.5) is 24.5 Å². The number of nitrogens with zero attached hydrogens (tertiary/aromatic N) is 1. The number of carbonyl (C=O) groups excluding carboxylic acids is 2. The van der Waals surface area contributed by atoms with Crippen LogP contribution in [-0.2, 0) is 15.8 Å². The van der Waals surface area contributed by atoms with E-state index in [-0.39, 0.29) is 30.5 Å². The van der Waals surface area contributed by atoms with Crippen LogP contribution in [-0.4, -0.2) is 18.4 Å². The summed E-state index contributed by atoms with van der Waals surface area (Å²) in [5, 5.41) is 2.30. The highest BCUT2D eigenvalue weighted by Gasteiger charge is 2.33. The van der Waals surface area contributed by atoms with E-state index in [0.717, 1.165) is 11.6 Å². The summed E-state index contributed by atoms with van der Waals surface area (Å²) in [5.41, 5.74) is 0.461. The van der Waals surface area contributed by atoms with E-state index >= 15 is 0 Å². The van der Waals surface area contributed by atoms with E-state index in [1.165, 1.54) is 30.0 Å². The standard InChI is InChI=1S/C21H23F3N2O2/c1-14(2)16-8-4-7-11-19(16)26(15(3)27)13-12-20(28)25-18-10-6-5-9-17(18)21(22,23)24/h4-11,14H,12-13H2,1-3H3,(H,25,28). The number of nitrogens with one attached hydrogen (secondary N) is 1. The minimum atomic E-state index is -4.56. The fourth-order valence-electron chi connectivity index (χ4n) is 2.93. The van der Waals surface area contributed by atoms with E-state index in [2.05, 4.69) is 5.32 Å². The Morgan fingerprint density at radius 1 is 1.04 bits per heavy atom. The van der Waals surface area contributed by atoms with Gasteiger partial charge in [0.25, 0.3) is 0 Å². The van der Waals surface area contributed by atoms with E-state index in [4.69, 9.17) is 0 Å². The monoisotopic (exact) mass is 392 g/mol. The topological polar surface area (TPSA) is 49.4 Å². The van der Waals surface area contributed by atoms with Crippen LogP contribution in [0.25, 0.3) is 0 Å². The zero-order chi connectivity index (χ0) is 20.9. The van der Waals surface area contributed by atoms with Crippen molar-refractivity contribution in [3.8, 4) is 0 Å². The fraction of sp³-hybridized carbons (Fsp3) is 0.333. The average molecular weight is 392 g/mol. The molecule has 0 atom stereocenters. The van der Waals surface area contributed by atoms with Crippen molar-refractivity contribution in [3.05, 3.63) is 59.7 Å². The molecular weight excluding hydrogens is 369 g/mol. The van der Waals surface area contributed by atoms with Gasteiger partial charge in [-0.05, 0) is 29.7 Å². The molecular formula is C21H23F3N2O2. The van der Waals surface area contributed by atoms with Gasteiger partial charge in [0.1, 0.15) is 0 Å². The fourth-order valence-corrected chi connectivity index (χ4v) is 2.93. The summed E-state index contributed by atoms with van der Waals surface area (Å²) in [6.45, 7) is 5.46. The third-order valence-electron chi connectivity index (χ3n) is 4.30. The molecule has 4 nitrogen and oxygen atoms in total. The predicted molar refractivity (Wildman–Crippen MR) is 103 cm³/mol. The van der Waals surface area contributed by atoms with Crippen molar-refractivity contribution in [2.24, 2.45) is 0 Å². The van der Waals surface area contributed by atoms with Crippen LogP contribution in [0.15, 0.2) is 48.5 Å². The molecule has 0 aliphatic rings. The second-order valence-corrected chi connectivity index (χ2v) is 6.73. The van der Waals surface area contributed by atoms with Crippen molar-refractivity contribution in [3.63, 3.8) is 0 Å². The summed E-state index contributed by atoms with van der Waals surface area (Å²) < 4.78 is 39.2. The Morgan fingerprint density at radius 3 is 2.25 bits per heavy atom. The van der Waals surface area contributed by atoms with E-state index < -0.39 is 17.6 Å². The van der Waals surface area contributed by atoms with Crippen molar-refractivity contribution in [1.82, 2.24) is 0 Å². The molecule has 0 saturated carbocycles. The Balaban J connectivity index is 2.14. The normalized spacial score (nSPS) is 11.4. The van der Waals surface area contributed by atoms with E-state index in [1.54, 1.807) is 12.1 Å². The summed E-state index contributed by atoms with van der Waals surface area (Å²) in [5.74, 6) is -0.660. The average Bonchev–Trinajstić information content (AvgIpc) is 2.61. The number of anilines is 2. The van der Waals surface area contributed by atoms with Crippen molar-refractivity contribution in [1.29, 1.82) is 0 Å². The Bertz CT molecular complexity index is 848. The van der Waals surface area contributed by atoms with E-state index in [9.17, 15) is 22.8 Å². The third-order valence-corrected chi connectivity index (χ3v) is 4.30. The van der Waals surface area contributed by atoms with Crippen LogP contribution in [0.5, 0.6) is 0 Å². The molecule has 150 valence electrons. The molecule has 2 rings (SSSR count). The Hall–Kier alpha value is -2.83. The highest BCUT2D eigenvalue weighted by molar-refractivity contribution is 5.95. The van der Waals surface area contributed by atoms with Crippen LogP contribution < -0.4 is 10.2 Å². The first-order chi connectivity index (χ1) is 13.1. The highest BCUT2D eigenvalue weighted by atomic mass is 19.4. The first kappa shape index (κ1) is 21.5. The van der Waals surface area contributed by atoms with Crippen molar-refractivity contribution < 1.29 is 22.8 Å². The van der Waals surface area contributed by atoms with Gasteiger partial charge in [0.15, 0.2) is 0 Å². The van der Waals surface area contributed by atoms with Crippen LogP contribution in [0.3, 0.4) is 0 Å². The molecule has 0 saturated heterocycles. The zero-order valence-corrected chi connectivity index (χ0v) is 16.0. The first-order valence-corrected chi connectivity index (χ1v) is 8.94. The number of benzene rings is 2. The summed E-state index contributed by atoms with van der Waals surface area (Å²) in [7, 11) is 0. The number of rotatable bonds is 6. The lowest BCUT2D eigenvalue weighted by Crippen LogP contribution is -2.33. The molecule has 0 spiro atoms. The molecule has 0 aromatic heterocycles. The highest BCUT2D eigenvalue weighted by Crippen LogP contribution is 2.34. The van der Waals surface area contributed by atoms with Crippen molar-refractivity contribution in [2.45, 2.75) is 39.3 Å². The van der Waals surface area contributed by atoms with Gasteiger partial charge < -0.3 is 10.2 Å². The van der Waals surface area contributed by atoms with Crippen molar-refractivity contribution >= 4 is 23.2 Å². The Morgan fingerprint density at radius 2 is 1.64 bits per heavy atom. The zero-order valence-electron chi connectivity index (χ0n) is 16.0. The molecule has 0 aliphatic heterocycles. The van der Waals surface area contributed by atoms with Gasteiger partial charge >= 0.3 is 6.18 Å². The number of para-hydroxylation sites is 2. The molecule has 0 unspecified atom stereocenters. The molecule has 2 amide bonds. The molecule has 0 radical (unpaired) electrons. The number of hydrogen-bond acceptors (Lipinski definition) is 2. The number of carbonyl (C=O) groups is 2. The smallest absolute Gasteiger partial charge is 0.325 e. The van der Waals surface area contributed by atoms with Gasteiger partial charge in [0, 0.05) is 25.6 Å². The lowest BCUT2D eigenvalue weighted by molar-refractivity contribution is -0.137. The SMILES string of the molecule is CC(=O)N(CCC(=O)Nc1ccccc1C(F)(F)F)c1ccccc1C(C)C. The number of alkyl halides is 3. The summed E-state index contributed by atoms with van der Waals surface area (Å²) in [6, 6.07) is 12.2. The van der Waals surface area contributed by atoms with Crippen molar-refractivity contribution in [2.75, 3.05) is 16.8 Å². The molecule has 0 fully saturated rings. The molecule has 1 N–H and O–H groups in total. The summed E-state index contributed by atoms with van der Waals surface area (Å²) >= 11 is 0. The molecule has 0 heterocycles. The van der Waals surface area contributed by atoms with Crippen LogP contribution in [0, 0.1) is 0 Å². The number of amides is 2. The minimum Gasteiger partial charge on any atom is -0.325 e. The second-order valence-electron chi connectivity index (χ2n) is 6.73. The van der Waals surface area contributed by atoms with Gasteiger partial charge in [0.05, 0.1) is 11.3 Å². The summed E-state index contributed by atoms with van der Waals surface area (Å²) in [6.07, 6.45) is -4.69. The van der Waals surface area contributed by atoms with Crippen LogP contribution >= 0.6 is 0 Å². The first-order valence-electron chi connectivity index (χ1n) is 8.94. The van der Waals surface area contributed by atoms with Gasteiger partial charge in [-0.15, -0.1) is 0 Å². The maximum atomic E-state index is 13.1. The number of halogens is 3. The van der Waals surface area contributed by atoms with E-state index in [1.807, 2.05) is 26.0 Å². The lowest BCUT2D eigenvalue weighted by Gasteiger charge is -2.25. The van der Waals surface area contributed by atoms with Crippen LogP contribution in [0.2, 0.25) is 0 Å². The lowest BCUT2D eigenvalue weighted by atomic mass is 10.0. The van der Waals surface area contributed by atoms with Gasteiger partial charge in [-0.2, -0.15) is 13.2 Å². The maximum Gasteiger partial charge on any atom is 0.418 e. The quantitative estimate of drug-likeness (QED) is 0.734. The predicted octanol–water partition coefficient (Wildman–Crippen LogP) is 5.21. The molecule has 2 aromatic rings. The van der Waals surface area contributed by atoms with Gasteiger partial charge in [-0.1, -0.05) is 44.2 Å². The molecule has 2 aromatic carbocycles. The Kier molecular flexibility index (Phi) is 6.83. The number of hydrogen-bond donors (Lipinski definition) is 1. The molecule has 0 aliphatic carbocycles. The van der Waals surface area contributed by atoms with E-state index in [0.29, 0.717) is 5.69 Å². The third kappa shape index (κ3) is 5.34. The largest absolute Gasteiger partial charge is 0.418 e. The van der Waals surface area contributed by atoms with Gasteiger partial charge in [0.2, 0.25) is 11.8 Å².